The van der Waals surface area contributed by atoms with Crippen molar-refractivity contribution in [1.82, 2.24) is 19.6 Å². The number of halogens is 3. The Morgan fingerprint density at radius 1 is 1.12 bits per heavy atom. The topological polar surface area (TPSA) is 58.4 Å². The lowest BCUT2D eigenvalue weighted by Crippen LogP contribution is -2.11. The zero-order valence-corrected chi connectivity index (χ0v) is 14.9. The Morgan fingerprint density at radius 2 is 1.85 bits per heavy atom. The highest BCUT2D eigenvalue weighted by molar-refractivity contribution is 5.51. The normalized spacial score (nSPS) is 11.8. The van der Waals surface area contributed by atoms with Gasteiger partial charge >= 0.3 is 6.18 Å². The minimum absolute atomic E-state index is 0.0838. The molecule has 26 heavy (non-hydrogen) atoms. The molecule has 0 amide bonds. The molecular weight excluding hydrogens is 345 g/mol. The van der Waals surface area contributed by atoms with E-state index in [1.807, 2.05) is 38.1 Å². The van der Waals surface area contributed by atoms with Crippen LogP contribution in [0.4, 0.5) is 24.7 Å². The number of nitrogens with zero attached hydrogens (tertiary/aromatic N) is 5. The smallest absolute Gasteiger partial charge is 0.378 e. The molecule has 0 aliphatic carbocycles. The molecule has 9 heteroatoms. The zero-order valence-electron chi connectivity index (χ0n) is 14.9. The molecule has 1 N–H and O–H groups in total. The van der Waals surface area contributed by atoms with Gasteiger partial charge < -0.3 is 10.2 Å². The van der Waals surface area contributed by atoms with E-state index in [1.165, 1.54) is 0 Å². The molecule has 0 unspecified atom stereocenters. The van der Waals surface area contributed by atoms with Crippen molar-refractivity contribution in [2.24, 2.45) is 0 Å². The van der Waals surface area contributed by atoms with Crippen LogP contribution in [0.25, 0.3) is 5.78 Å². The zero-order chi connectivity index (χ0) is 19.1. The second kappa shape index (κ2) is 6.47. The maximum absolute atomic E-state index is 12.9. The molecule has 0 spiro atoms. The number of hydrogen-bond acceptors (Lipinski definition) is 5. The predicted molar refractivity (Wildman–Crippen MR) is 93.4 cm³/mol. The third-order valence-electron chi connectivity index (χ3n) is 4.00. The summed E-state index contributed by atoms with van der Waals surface area (Å²) >= 11 is 0. The van der Waals surface area contributed by atoms with Gasteiger partial charge in [-0.1, -0.05) is 6.07 Å². The van der Waals surface area contributed by atoms with E-state index in [4.69, 9.17) is 0 Å². The highest BCUT2D eigenvalue weighted by Crippen LogP contribution is 2.27. The second-order valence-electron chi connectivity index (χ2n) is 6.29. The molecule has 2 heterocycles. The van der Waals surface area contributed by atoms with Crippen LogP contribution in [-0.4, -0.2) is 33.7 Å². The number of fused-ring (bicyclic) bond motifs is 1. The van der Waals surface area contributed by atoms with Crippen molar-refractivity contribution in [3.8, 4) is 0 Å². The molecule has 2 aromatic heterocycles. The predicted octanol–water partition coefficient (Wildman–Crippen LogP) is 3.44. The Labute approximate surface area is 148 Å². The Bertz CT molecular complexity index is 946. The summed E-state index contributed by atoms with van der Waals surface area (Å²) < 4.78 is 39.7. The van der Waals surface area contributed by atoms with Crippen molar-refractivity contribution >= 4 is 17.3 Å². The third kappa shape index (κ3) is 3.56. The summed E-state index contributed by atoms with van der Waals surface area (Å²) in [6.45, 7) is 4.14. The lowest BCUT2D eigenvalue weighted by atomic mass is 10.1. The average molecular weight is 364 g/mol. The van der Waals surface area contributed by atoms with Crippen LogP contribution in [0.3, 0.4) is 0 Å². The number of aryl methyl sites for hydroxylation is 2. The number of benzene rings is 1. The van der Waals surface area contributed by atoms with Crippen LogP contribution in [0.2, 0.25) is 0 Å². The highest BCUT2D eigenvalue weighted by atomic mass is 19.4. The Hall–Kier alpha value is -2.84. The average Bonchev–Trinajstić information content (AvgIpc) is 2.97. The molecule has 0 aliphatic rings. The number of anilines is 2. The van der Waals surface area contributed by atoms with Gasteiger partial charge in [0.25, 0.3) is 11.6 Å². The van der Waals surface area contributed by atoms with Crippen molar-refractivity contribution in [2.75, 3.05) is 24.3 Å². The molecule has 3 aromatic rings. The summed E-state index contributed by atoms with van der Waals surface area (Å²) in [5, 5.41) is 6.68. The summed E-state index contributed by atoms with van der Waals surface area (Å²) in [5.74, 6) is -0.878. The van der Waals surface area contributed by atoms with Gasteiger partial charge in [-0.2, -0.15) is 22.7 Å². The van der Waals surface area contributed by atoms with Gasteiger partial charge in [-0.15, -0.1) is 5.10 Å². The lowest BCUT2D eigenvalue weighted by Gasteiger charge is -2.16. The van der Waals surface area contributed by atoms with Gasteiger partial charge in [0.1, 0.15) is 5.82 Å². The van der Waals surface area contributed by atoms with E-state index in [1.54, 1.807) is 13.0 Å². The molecule has 0 saturated heterocycles. The van der Waals surface area contributed by atoms with Crippen molar-refractivity contribution in [3.05, 3.63) is 46.9 Å². The lowest BCUT2D eigenvalue weighted by molar-refractivity contribution is -0.144. The first kappa shape index (κ1) is 18.0. The second-order valence-corrected chi connectivity index (χ2v) is 6.29. The number of alkyl halides is 3. The van der Waals surface area contributed by atoms with Crippen LogP contribution in [-0.2, 0) is 12.7 Å². The van der Waals surface area contributed by atoms with E-state index >= 15 is 0 Å². The molecular formula is C17H19F3N6. The van der Waals surface area contributed by atoms with Crippen molar-refractivity contribution in [1.29, 1.82) is 0 Å². The molecule has 3 rings (SSSR count). The molecule has 0 radical (unpaired) electrons. The van der Waals surface area contributed by atoms with Crippen LogP contribution in [0.15, 0.2) is 24.3 Å². The largest absolute Gasteiger partial charge is 0.453 e. The molecule has 0 saturated carbocycles. The van der Waals surface area contributed by atoms with E-state index in [0.29, 0.717) is 18.1 Å². The van der Waals surface area contributed by atoms with Crippen LogP contribution in [0.5, 0.6) is 0 Å². The van der Waals surface area contributed by atoms with Gasteiger partial charge in [0.2, 0.25) is 0 Å². The van der Waals surface area contributed by atoms with E-state index < -0.39 is 12.0 Å². The fourth-order valence-electron chi connectivity index (χ4n) is 2.58. The van der Waals surface area contributed by atoms with Gasteiger partial charge in [0.05, 0.1) is 0 Å². The van der Waals surface area contributed by atoms with Crippen molar-refractivity contribution in [2.45, 2.75) is 26.6 Å². The van der Waals surface area contributed by atoms with Crippen molar-refractivity contribution < 1.29 is 13.2 Å². The molecule has 0 fully saturated rings. The first-order valence-electron chi connectivity index (χ1n) is 7.97. The minimum atomic E-state index is -4.61. The quantitative estimate of drug-likeness (QED) is 0.769. The Balaban J connectivity index is 1.90. The number of hydrogen-bond donors (Lipinski definition) is 1. The van der Waals surface area contributed by atoms with E-state index in [9.17, 15) is 13.2 Å². The summed E-state index contributed by atoms with van der Waals surface area (Å²) in [5.41, 5.74) is 3.76. The first-order chi connectivity index (χ1) is 12.1. The third-order valence-corrected chi connectivity index (χ3v) is 4.00. The Kier molecular flexibility index (Phi) is 4.47. The van der Waals surface area contributed by atoms with Crippen LogP contribution >= 0.6 is 0 Å². The highest BCUT2D eigenvalue weighted by Gasteiger charge is 2.36. The van der Waals surface area contributed by atoms with Gasteiger partial charge in [0, 0.05) is 38.1 Å². The van der Waals surface area contributed by atoms with Crippen LogP contribution in [0.1, 0.15) is 22.6 Å². The molecule has 0 atom stereocenters. The van der Waals surface area contributed by atoms with Crippen LogP contribution in [0, 0.1) is 13.8 Å². The first-order valence-corrected chi connectivity index (χ1v) is 7.97. The fourth-order valence-corrected chi connectivity index (χ4v) is 2.58. The van der Waals surface area contributed by atoms with Gasteiger partial charge in [-0.25, -0.2) is 4.98 Å². The maximum Gasteiger partial charge on any atom is 0.453 e. The number of rotatable bonds is 4. The monoisotopic (exact) mass is 364 g/mol. The standard InChI is InChI=1S/C17H19F3N6/c1-10-7-13(25(3)4)6-5-12(10)9-21-14-8-11(2)22-16-23-15(17(18,19)20)24-26(14)16/h5-8,21H,9H2,1-4H3. The van der Waals surface area contributed by atoms with Gasteiger partial charge in [-0.3, -0.25) is 0 Å². The van der Waals surface area contributed by atoms with Crippen LogP contribution < -0.4 is 10.2 Å². The minimum Gasteiger partial charge on any atom is -0.378 e. The van der Waals surface area contributed by atoms with E-state index in [2.05, 4.69) is 26.4 Å². The van der Waals surface area contributed by atoms with Crippen molar-refractivity contribution in [3.63, 3.8) is 0 Å². The molecule has 0 bridgehead atoms. The van der Waals surface area contributed by atoms with E-state index in [-0.39, 0.29) is 5.78 Å². The molecule has 138 valence electrons. The van der Waals surface area contributed by atoms with Gasteiger partial charge in [-0.05, 0) is 37.1 Å². The maximum atomic E-state index is 12.9. The SMILES string of the molecule is Cc1cc(NCc2ccc(N(C)C)cc2C)n2nc(C(F)(F)F)nc2n1. The summed E-state index contributed by atoms with van der Waals surface area (Å²) in [6.07, 6.45) is -4.61. The molecule has 1 aromatic carbocycles. The summed E-state index contributed by atoms with van der Waals surface area (Å²) in [4.78, 5) is 9.51. The van der Waals surface area contributed by atoms with Gasteiger partial charge in [0.15, 0.2) is 0 Å². The molecule has 0 aliphatic heterocycles. The Morgan fingerprint density at radius 3 is 2.46 bits per heavy atom. The fraction of sp³-hybridized carbons (Fsp3) is 0.353. The summed E-state index contributed by atoms with van der Waals surface area (Å²) in [6, 6.07) is 7.69. The van der Waals surface area contributed by atoms with E-state index in [0.717, 1.165) is 21.3 Å². The summed E-state index contributed by atoms with van der Waals surface area (Å²) in [7, 11) is 3.93. The number of nitrogens with one attached hydrogen (secondary N) is 1. The molecule has 6 nitrogen and oxygen atoms in total. The number of aromatic nitrogens is 4.